The Morgan fingerprint density at radius 1 is 1.26 bits per heavy atom. The van der Waals surface area contributed by atoms with Crippen molar-refractivity contribution < 1.29 is 13.9 Å². The Kier molecular flexibility index (Phi) is 6.60. The van der Waals surface area contributed by atoms with Crippen LogP contribution >= 0.6 is 0 Å². The number of nitrogens with one attached hydrogen (secondary N) is 1. The normalized spacial score (nSPS) is 17.3. The maximum atomic E-state index is 13.9. The lowest BCUT2D eigenvalue weighted by Gasteiger charge is -2.32. The average molecular weight is 368 g/mol. The average Bonchev–Trinajstić information content (AvgIpc) is 2.69. The Labute approximate surface area is 159 Å². The number of ether oxygens (including phenoxy) is 1. The molecule has 2 aromatic rings. The molecule has 1 aliphatic rings. The summed E-state index contributed by atoms with van der Waals surface area (Å²) in [6.07, 6.45) is 3.47. The molecule has 1 aliphatic heterocycles. The first-order chi connectivity index (χ1) is 13.2. The number of carbonyl (C=O) groups is 1. The van der Waals surface area contributed by atoms with E-state index in [0.29, 0.717) is 25.3 Å². The summed E-state index contributed by atoms with van der Waals surface area (Å²) >= 11 is 0. The summed E-state index contributed by atoms with van der Waals surface area (Å²) in [7, 11) is 0. The van der Waals surface area contributed by atoms with E-state index in [2.05, 4.69) is 16.8 Å². The van der Waals surface area contributed by atoms with Gasteiger partial charge in [0.25, 0.3) is 0 Å². The highest BCUT2D eigenvalue weighted by Gasteiger charge is 2.26. The molecule has 1 amide bonds. The first-order valence-corrected chi connectivity index (χ1v) is 9.26. The minimum Gasteiger partial charge on any atom is -0.490 e. The zero-order valence-corrected chi connectivity index (χ0v) is 15.4. The first-order valence-electron chi connectivity index (χ1n) is 9.26. The van der Waals surface area contributed by atoms with E-state index in [-0.39, 0.29) is 17.6 Å². The number of likely N-dealkylation sites (tertiary alicyclic amines) is 1. The molecule has 0 bridgehead atoms. The molecule has 0 spiro atoms. The van der Waals surface area contributed by atoms with Crippen molar-refractivity contribution in [2.45, 2.75) is 19.4 Å². The highest BCUT2D eigenvalue weighted by molar-refractivity contribution is 5.92. The van der Waals surface area contributed by atoms with Crippen molar-refractivity contribution in [1.29, 1.82) is 0 Å². The molecule has 1 N–H and O–H groups in total. The summed E-state index contributed by atoms with van der Waals surface area (Å²) in [4.78, 5) is 14.8. The maximum Gasteiger partial charge on any atom is 0.228 e. The van der Waals surface area contributed by atoms with E-state index in [1.165, 1.54) is 6.07 Å². The molecule has 5 heteroatoms. The van der Waals surface area contributed by atoms with Crippen molar-refractivity contribution in [1.82, 2.24) is 4.90 Å². The van der Waals surface area contributed by atoms with Gasteiger partial charge in [0.15, 0.2) is 0 Å². The third kappa shape index (κ3) is 5.41. The molecule has 27 heavy (non-hydrogen) atoms. The van der Waals surface area contributed by atoms with E-state index in [1.54, 1.807) is 18.2 Å². The summed E-state index contributed by atoms with van der Waals surface area (Å²) in [6, 6.07) is 14.1. The van der Waals surface area contributed by atoms with Crippen LogP contribution in [0.4, 0.5) is 10.1 Å². The topological polar surface area (TPSA) is 41.6 Å². The number of anilines is 1. The highest BCUT2D eigenvalue weighted by atomic mass is 19.1. The fraction of sp³-hybridized carbons (Fsp3) is 0.318. The fourth-order valence-corrected chi connectivity index (χ4v) is 3.31. The van der Waals surface area contributed by atoms with Gasteiger partial charge in [0.05, 0.1) is 5.92 Å². The Morgan fingerprint density at radius 2 is 2.04 bits per heavy atom. The standard InChI is InChI=1S/C22H25FN2O2/c1-2-14-27-20-11-9-19(10-12-20)24-22(26)18-7-5-13-25(16-18)15-17-6-3-4-8-21(17)23/h2-4,6,8-12,18H,1,5,7,13-16H2,(H,24,26). The van der Waals surface area contributed by atoms with E-state index in [0.717, 1.165) is 30.8 Å². The Bertz CT molecular complexity index is 776. The summed E-state index contributed by atoms with van der Waals surface area (Å²) in [6.45, 7) is 6.12. The summed E-state index contributed by atoms with van der Waals surface area (Å²) < 4.78 is 19.3. The Morgan fingerprint density at radius 3 is 2.78 bits per heavy atom. The van der Waals surface area contributed by atoms with Crippen molar-refractivity contribution in [3.05, 3.63) is 72.6 Å². The fourth-order valence-electron chi connectivity index (χ4n) is 3.31. The lowest BCUT2D eigenvalue weighted by atomic mass is 9.96. The second kappa shape index (κ2) is 9.33. The predicted molar refractivity (Wildman–Crippen MR) is 105 cm³/mol. The number of halogens is 1. The van der Waals surface area contributed by atoms with Crippen LogP contribution in [0.2, 0.25) is 0 Å². The third-order valence-electron chi connectivity index (χ3n) is 4.72. The van der Waals surface area contributed by atoms with Gasteiger partial charge in [-0.3, -0.25) is 9.69 Å². The molecular formula is C22H25FN2O2. The van der Waals surface area contributed by atoms with Crippen molar-refractivity contribution in [2.75, 3.05) is 25.0 Å². The van der Waals surface area contributed by atoms with Crippen LogP contribution in [0, 0.1) is 11.7 Å². The van der Waals surface area contributed by atoms with Gasteiger partial charge in [0.1, 0.15) is 18.2 Å². The molecule has 3 rings (SSSR count). The highest BCUT2D eigenvalue weighted by Crippen LogP contribution is 2.22. The van der Waals surface area contributed by atoms with Crippen LogP contribution in [0.25, 0.3) is 0 Å². The molecule has 0 aromatic heterocycles. The molecule has 0 saturated carbocycles. The van der Waals surface area contributed by atoms with Crippen molar-refractivity contribution >= 4 is 11.6 Å². The quantitative estimate of drug-likeness (QED) is 0.743. The molecular weight excluding hydrogens is 343 g/mol. The summed E-state index contributed by atoms with van der Waals surface area (Å²) in [5.41, 5.74) is 1.42. The second-order valence-electron chi connectivity index (χ2n) is 6.78. The molecule has 1 saturated heterocycles. The van der Waals surface area contributed by atoms with Crippen molar-refractivity contribution in [2.24, 2.45) is 5.92 Å². The van der Waals surface area contributed by atoms with Crippen LogP contribution in [0.3, 0.4) is 0 Å². The summed E-state index contributed by atoms with van der Waals surface area (Å²) in [5.74, 6) is 0.458. The number of benzene rings is 2. The molecule has 1 atom stereocenters. The van der Waals surface area contributed by atoms with Crippen LogP contribution in [0.15, 0.2) is 61.2 Å². The van der Waals surface area contributed by atoms with Crippen LogP contribution in [-0.4, -0.2) is 30.5 Å². The van der Waals surface area contributed by atoms with Gasteiger partial charge in [0.2, 0.25) is 5.91 Å². The predicted octanol–water partition coefficient (Wildman–Crippen LogP) is 4.24. The summed E-state index contributed by atoms with van der Waals surface area (Å²) in [5, 5.41) is 2.98. The number of hydrogen-bond donors (Lipinski definition) is 1. The van der Waals surface area contributed by atoms with Crippen molar-refractivity contribution in [3.8, 4) is 5.75 Å². The van der Waals surface area contributed by atoms with Gasteiger partial charge in [-0.2, -0.15) is 0 Å². The van der Waals surface area contributed by atoms with Crippen molar-refractivity contribution in [3.63, 3.8) is 0 Å². The van der Waals surface area contributed by atoms with Gasteiger partial charge in [-0.25, -0.2) is 4.39 Å². The molecule has 142 valence electrons. The zero-order chi connectivity index (χ0) is 19.1. The van der Waals surface area contributed by atoms with Gasteiger partial charge in [-0.15, -0.1) is 0 Å². The Balaban J connectivity index is 1.55. The van der Waals surface area contributed by atoms with E-state index >= 15 is 0 Å². The minimum absolute atomic E-state index is 0.00740. The smallest absolute Gasteiger partial charge is 0.228 e. The Hall–Kier alpha value is -2.66. The van der Waals surface area contributed by atoms with E-state index in [9.17, 15) is 9.18 Å². The zero-order valence-electron chi connectivity index (χ0n) is 15.4. The number of piperidine rings is 1. The van der Waals surface area contributed by atoms with Crippen LogP contribution < -0.4 is 10.1 Å². The maximum absolute atomic E-state index is 13.9. The van der Waals surface area contributed by atoms with Crippen LogP contribution in [-0.2, 0) is 11.3 Å². The lowest BCUT2D eigenvalue weighted by Crippen LogP contribution is -2.40. The number of rotatable bonds is 7. The van der Waals surface area contributed by atoms with Crippen LogP contribution in [0.1, 0.15) is 18.4 Å². The lowest BCUT2D eigenvalue weighted by molar-refractivity contribution is -0.121. The minimum atomic E-state index is -0.192. The number of nitrogens with zero attached hydrogens (tertiary/aromatic N) is 1. The molecule has 0 radical (unpaired) electrons. The monoisotopic (exact) mass is 368 g/mol. The van der Waals surface area contributed by atoms with Gasteiger partial charge in [0, 0.05) is 24.3 Å². The van der Waals surface area contributed by atoms with E-state index < -0.39 is 0 Å². The van der Waals surface area contributed by atoms with Gasteiger partial charge in [-0.1, -0.05) is 30.9 Å². The molecule has 1 fully saturated rings. The number of hydrogen-bond acceptors (Lipinski definition) is 3. The molecule has 2 aromatic carbocycles. The molecule has 4 nitrogen and oxygen atoms in total. The first kappa shape index (κ1) is 19.1. The van der Waals surface area contributed by atoms with E-state index in [1.807, 2.05) is 30.3 Å². The SMILES string of the molecule is C=CCOc1ccc(NC(=O)C2CCCN(Cc3ccccc3F)C2)cc1. The molecule has 1 unspecified atom stereocenters. The van der Waals surface area contributed by atoms with E-state index in [4.69, 9.17) is 4.74 Å². The number of amides is 1. The van der Waals surface area contributed by atoms with Crippen LogP contribution in [0.5, 0.6) is 5.75 Å². The molecule has 0 aliphatic carbocycles. The molecule has 1 heterocycles. The largest absolute Gasteiger partial charge is 0.490 e. The van der Waals surface area contributed by atoms with Gasteiger partial charge >= 0.3 is 0 Å². The number of carbonyl (C=O) groups excluding carboxylic acids is 1. The van der Waals surface area contributed by atoms with Gasteiger partial charge in [-0.05, 0) is 49.7 Å². The second-order valence-corrected chi connectivity index (χ2v) is 6.78. The third-order valence-corrected chi connectivity index (χ3v) is 4.72. The van der Waals surface area contributed by atoms with Gasteiger partial charge < -0.3 is 10.1 Å².